The van der Waals surface area contributed by atoms with Crippen molar-refractivity contribution >= 4 is 29.2 Å². The predicted molar refractivity (Wildman–Crippen MR) is 127 cm³/mol. The van der Waals surface area contributed by atoms with Crippen molar-refractivity contribution in [2.45, 2.75) is 6.42 Å². The molecule has 0 atom stereocenters. The molecule has 1 aliphatic heterocycles. The van der Waals surface area contributed by atoms with Crippen LogP contribution in [0, 0.1) is 5.82 Å². The lowest BCUT2D eigenvalue weighted by molar-refractivity contribution is -0.123. The summed E-state index contributed by atoms with van der Waals surface area (Å²) in [5.41, 5.74) is 3.70. The summed E-state index contributed by atoms with van der Waals surface area (Å²) in [6.45, 7) is 0.430. The number of carbonyl (C=O) groups excluding carboxylic acids is 3. The molecule has 1 N–H and O–H groups in total. The van der Waals surface area contributed by atoms with Gasteiger partial charge >= 0.3 is 0 Å². The second-order valence-electron chi connectivity index (χ2n) is 7.75. The lowest BCUT2D eigenvalue weighted by Gasteiger charge is -2.07. The van der Waals surface area contributed by atoms with Gasteiger partial charge in [-0.1, -0.05) is 60.7 Å². The Balaban J connectivity index is 1.30. The van der Waals surface area contributed by atoms with Crippen LogP contribution < -0.4 is 5.32 Å². The van der Waals surface area contributed by atoms with Crippen LogP contribution in [0.2, 0.25) is 0 Å². The third kappa shape index (κ3) is 5.60. The van der Waals surface area contributed by atoms with Gasteiger partial charge in [-0.05, 0) is 53.5 Å². The number of benzene rings is 3. The van der Waals surface area contributed by atoms with E-state index in [1.165, 1.54) is 30.3 Å². The van der Waals surface area contributed by atoms with E-state index < -0.39 is 11.8 Å². The van der Waals surface area contributed by atoms with E-state index in [0.717, 1.165) is 11.1 Å². The highest BCUT2D eigenvalue weighted by Crippen LogP contribution is 2.24. The van der Waals surface area contributed by atoms with Gasteiger partial charge < -0.3 is 4.74 Å². The molecule has 0 spiro atoms. The Labute approximate surface area is 196 Å². The van der Waals surface area contributed by atoms with Crippen LogP contribution in [0.5, 0.6) is 0 Å². The molecule has 0 radical (unpaired) electrons. The summed E-state index contributed by atoms with van der Waals surface area (Å²) in [5.74, 6) is -1.41. The van der Waals surface area contributed by atoms with E-state index in [0.29, 0.717) is 35.3 Å². The van der Waals surface area contributed by atoms with Crippen LogP contribution in [-0.4, -0.2) is 30.8 Å². The average molecular weight is 455 g/mol. The van der Waals surface area contributed by atoms with Crippen molar-refractivity contribution in [2.75, 3.05) is 13.2 Å². The summed E-state index contributed by atoms with van der Waals surface area (Å²) >= 11 is 0. The number of hydrogen-bond acceptors (Lipinski definition) is 4. The molecule has 170 valence electrons. The van der Waals surface area contributed by atoms with E-state index in [4.69, 9.17) is 4.74 Å². The maximum absolute atomic E-state index is 13.0. The van der Waals surface area contributed by atoms with E-state index >= 15 is 0 Å². The third-order valence-electron chi connectivity index (χ3n) is 5.41. The van der Waals surface area contributed by atoms with Crippen molar-refractivity contribution in [2.24, 2.45) is 0 Å². The normalized spacial score (nSPS) is 13.6. The maximum atomic E-state index is 13.0. The van der Waals surface area contributed by atoms with Crippen molar-refractivity contribution in [3.8, 4) is 0 Å². The highest BCUT2D eigenvalue weighted by molar-refractivity contribution is 6.36. The van der Waals surface area contributed by atoms with Gasteiger partial charge in [-0.2, -0.15) is 0 Å². The second kappa shape index (κ2) is 10.6. The van der Waals surface area contributed by atoms with Crippen molar-refractivity contribution in [3.05, 3.63) is 119 Å². The minimum Gasteiger partial charge on any atom is -0.376 e. The molecule has 0 fully saturated rings. The predicted octanol–water partition coefficient (Wildman–Crippen LogP) is 4.39. The van der Waals surface area contributed by atoms with Crippen LogP contribution in [0.4, 0.5) is 4.39 Å². The van der Waals surface area contributed by atoms with Gasteiger partial charge in [-0.15, -0.1) is 0 Å². The van der Waals surface area contributed by atoms with Gasteiger partial charge in [0.15, 0.2) is 5.78 Å². The first-order valence-corrected chi connectivity index (χ1v) is 10.8. The van der Waals surface area contributed by atoms with Gasteiger partial charge in [0.2, 0.25) is 0 Å². The largest absolute Gasteiger partial charge is 0.376 e. The van der Waals surface area contributed by atoms with E-state index in [9.17, 15) is 18.8 Å². The number of carbonyl (C=O) groups is 3. The first kappa shape index (κ1) is 23.0. The molecule has 3 aromatic rings. The summed E-state index contributed by atoms with van der Waals surface area (Å²) in [5, 5.41) is 2.33. The van der Waals surface area contributed by atoms with Gasteiger partial charge in [-0.25, -0.2) is 4.39 Å². The number of imide groups is 1. The Morgan fingerprint density at radius 3 is 2.29 bits per heavy atom. The monoisotopic (exact) mass is 455 g/mol. The van der Waals surface area contributed by atoms with Gasteiger partial charge in [0.25, 0.3) is 11.8 Å². The van der Waals surface area contributed by atoms with Gasteiger partial charge in [0.1, 0.15) is 5.82 Å². The van der Waals surface area contributed by atoms with E-state index in [1.807, 2.05) is 42.5 Å². The van der Waals surface area contributed by atoms with E-state index in [2.05, 4.69) is 5.32 Å². The van der Waals surface area contributed by atoms with Crippen LogP contribution >= 0.6 is 0 Å². The molecular weight excluding hydrogens is 433 g/mol. The molecular formula is C28H22FNO4. The van der Waals surface area contributed by atoms with E-state index in [-0.39, 0.29) is 18.2 Å². The molecule has 0 aliphatic carbocycles. The van der Waals surface area contributed by atoms with E-state index in [1.54, 1.807) is 18.2 Å². The number of ether oxygens (including phenoxy) is 1. The Kier molecular flexibility index (Phi) is 7.20. The fourth-order valence-corrected chi connectivity index (χ4v) is 3.58. The Morgan fingerprint density at radius 2 is 1.59 bits per heavy atom. The molecule has 4 rings (SSSR count). The molecule has 0 saturated heterocycles. The highest BCUT2D eigenvalue weighted by Gasteiger charge is 2.30. The quantitative estimate of drug-likeness (QED) is 0.225. The van der Waals surface area contributed by atoms with Crippen molar-refractivity contribution < 1.29 is 23.5 Å². The van der Waals surface area contributed by atoms with Gasteiger partial charge in [0.05, 0.1) is 24.4 Å². The summed E-state index contributed by atoms with van der Waals surface area (Å²) in [4.78, 5) is 36.5. The molecule has 0 saturated carbocycles. The number of rotatable bonds is 9. The van der Waals surface area contributed by atoms with Crippen LogP contribution in [0.3, 0.4) is 0 Å². The van der Waals surface area contributed by atoms with Crippen molar-refractivity contribution in [3.63, 3.8) is 0 Å². The van der Waals surface area contributed by atoms with Crippen LogP contribution in [0.1, 0.15) is 27.0 Å². The zero-order valence-corrected chi connectivity index (χ0v) is 18.3. The molecule has 1 heterocycles. The second-order valence-corrected chi connectivity index (χ2v) is 7.75. The molecule has 2 amide bonds. The first-order valence-electron chi connectivity index (χ1n) is 10.8. The van der Waals surface area contributed by atoms with Crippen molar-refractivity contribution in [1.29, 1.82) is 0 Å². The molecule has 6 heteroatoms. The molecule has 34 heavy (non-hydrogen) atoms. The van der Waals surface area contributed by atoms with Gasteiger partial charge in [0, 0.05) is 5.56 Å². The molecule has 0 bridgehead atoms. The zero-order chi connectivity index (χ0) is 23.9. The molecule has 0 aromatic heterocycles. The average Bonchev–Trinajstić information content (AvgIpc) is 3.14. The lowest BCUT2D eigenvalue weighted by atomic mass is 10.0. The van der Waals surface area contributed by atoms with Gasteiger partial charge in [-0.3, -0.25) is 19.7 Å². The number of hydrogen-bond donors (Lipinski definition) is 1. The Bertz CT molecular complexity index is 1260. The third-order valence-corrected chi connectivity index (χ3v) is 5.41. The number of amides is 2. The Morgan fingerprint density at radius 1 is 0.882 bits per heavy atom. The molecule has 1 aliphatic rings. The number of halogens is 1. The minimum absolute atomic E-state index is 0.0497. The summed E-state index contributed by atoms with van der Waals surface area (Å²) < 4.78 is 18.7. The minimum atomic E-state index is -0.421. The SMILES string of the molecule is O=C1NC(=O)C(c2ccccc2)=C1COCCc1ccc(C=CC(=O)c2ccc(F)cc2)cc1. The fraction of sp³-hybridized carbons (Fsp3) is 0.107. The van der Waals surface area contributed by atoms with Crippen LogP contribution in [-0.2, 0) is 20.7 Å². The molecule has 5 nitrogen and oxygen atoms in total. The number of allylic oxidation sites excluding steroid dienone is 1. The topological polar surface area (TPSA) is 72.5 Å². The van der Waals surface area contributed by atoms with Crippen molar-refractivity contribution in [1.82, 2.24) is 5.32 Å². The molecule has 0 unspecified atom stereocenters. The fourth-order valence-electron chi connectivity index (χ4n) is 3.58. The number of ketones is 1. The standard InChI is InChI=1S/C28H22FNO4/c29-23-13-11-21(12-14-23)25(31)15-10-19-6-8-20(9-7-19)16-17-34-18-24-26(28(33)30-27(24)32)22-4-2-1-3-5-22/h1-15H,16-18H2,(H,30,32,33). The highest BCUT2D eigenvalue weighted by atomic mass is 19.1. The summed E-state index contributed by atoms with van der Waals surface area (Å²) in [6, 6.07) is 22.1. The van der Waals surface area contributed by atoms with Crippen LogP contribution in [0.25, 0.3) is 11.6 Å². The maximum Gasteiger partial charge on any atom is 0.259 e. The summed E-state index contributed by atoms with van der Waals surface area (Å²) in [7, 11) is 0. The lowest BCUT2D eigenvalue weighted by Crippen LogP contribution is -2.24. The van der Waals surface area contributed by atoms with Crippen LogP contribution in [0.15, 0.2) is 90.5 Å². The molecule has 3 aromatic carbocycles. The number of nitrogens with one attached hydrogen (secondary N) is 1. The zero-order valence-electron chi connectivity index (χ0n) is 18.3. The first-order chi connectivity index (χ1) is 16.5. The smallest absolute Gasteiger partial charge is 0.259 e. The Hall–Kier alpha value is -4.16. The summed E-state index contributed by atoms with van der Waals surface area (Å²) in [6.07, 6.45) is 3.79.